The van der Waals surface area contributed by atoms with Crippen LogP contribution in [0.25, 0.3) is 0 Å². The summed E-state index contributed by atoms with van der Waals surface area (Å²) < 4.78 is 5.54. The van der Waals surface area contributed by atoms with Crippen LogP contribution >= 0.6 is 22.9 Å². The molecule has 0 spiro atoms. The molecule has 1 aromatic rings. The summed E-state index contributed by atoms with van der Waals surface area (Å²) in [5.41, 5.74) is 5.87. The van der Waals surface area contributed by atoms with Crippen molar-refractivity contribution in [3.05, 3.63) is 21.3 Å². The predicted octanol–water partition coefficient (Wildman–Crippen LogP) is 2.12. The second-order valence-corrected chi connectivity index (χ2v) is 5.47. The first-order chi connectivity index (χ1) is 7.70. The molecule has 1 saturated heterocycles. The van der Waals surface area contributed by atoms with E-state index in [2.05, 4.69) is 11.8 Å². The van der Waals surface area contributed by atoms with E-state index in [1.165, 1.54) is 4.88 Å². The third-order valence-electron chi connectivity index (χ3n) is 2.85. The number of nitrogens with zero attached hydrogens (tertiary/aromatic N) is 1. The van der Waals surface area contributed by atoms with Gasteiger partial charge in [-0.05, 0) is 13.0 Å². The van der Waals surface area contributed by atoms with Gasteiger partial charge in [0.25, 0.3) is 0 Å². The lowest BCUT2D eigenvalue weighted by molar-refractivity contribution is -0.0328. The minimum absolute atomic E-state index is 0.281. The quantitative estimate of drug-likeness (QED) is 0.905. The molecule has 1 fully saturated rings. The van der Waals surface area contributed by atoms with E-state index in [1.54, 1.807) is 11.3 Å². The fourth-order valence-electron chi connectivity index (χ4n) is 2.08. The molecule has 1 aliphatic heterocycles. The highest BCUT2D eigenvalue weighted by molar-refractivity contribution is 7.10. The minimum Gasteiger partial charge on any atom is -0.376 e. The molecule has 0 radical (unpaired) electrons. The molecular weight excluding hydrogens is 244 g/mol. The summed E-state index contributed by atoms with van der Waals surface area (Å²) in [4.78, 5) is 3.64. The van der Waals surface area contributed by atoms with Crippen molar-refractivity contribution >= 4 is 22.9 Å². The molecule has 0 amide bonds. The van der Waals surface area contributed by atoms with Crippen LogP contribution in [0.2, 0.25) is 5.02 Å². The Kier molecular flexibility index (Phi) is 4.21. The van der Waals surface area contributed by atoms with E-state index in [1.807, 2.05) is 11.4 Å². The standard InChI is InChI=1S/C11H17ClN2OS/c1-8-6-14(2-3-15-8)10(5-13)11-4-9(12)7-16-11/h4,7-8,10H,2-3,5-6,13H2,1H3. The molecule has 0 bridgehead atoms. The van der Waals surface area contributed by atoms with Gasteiger partial charge in [0.2, 0.25) is 0 Å². The molecule has 16 heavy (non-hydrogen) atoms. The third-order valence-corrected chi connectivity index (χ3v) is 4.23. The number of hydrogen-bond acceptors (Lipinski definition) is 4. The van der Waals surface area contributed by atoms with Gasteiger partial charge in [-0.3, -0.25) is 4.90 Å². The summed E-state index contributed by atoms with van der Waals surface area (Å²) >= 11 is 7.64. The van der Waals surface area contributed by atoms with Gasteiger partial charge < -0.3 is 10.5 Å². The van der Waals surface area contributed by atoms with Crippen molar-refractivity contribution in [2.75, 3.05) is 26.2 Å². The maximum Gasteiger partial charge on any atom is 0.0674 e. The first kappa shape index (κ1) is 12.3. The fraction of sp³-hybridized carbons (Fsp3) is 0.636. The van der Waals surface area contributed by atoms with Gasteiger partial charge >= 0.3 is 0 Å². The van der Waals surface area contributed by atoms with Crippen LogP contribution in [0.5, 0.6) is 0 Å². The zero-order chi connectivity index (χ0) is 11.5. The summed E-state index contributed by atoms with van der Waals surface area (Å²) in [6.45, 7) is 5.40. The second kappa shape index (κ2) is 5.47. The Morgan fingerprint density at radius 1 is 1.75 bits per heavy atom. The molecule has 1 aromatic heterocycles. The van der Waals surface area contributed by atoms with E-state index in [-0.39, 0.29) is 6.04 Å². The number of halogens is 1. The maximum atomic E-state index is 5.96. The monoisotopic (exact) mass is 260 g/mol. The topological polar surface area (TPSA) is 38.5 Å². The Bertz CT molecular complexity index is 344. The molecule has 2 N–H and O–H groups in total. The SMILES string of the molecule is CC1CN(C(CN)c2cc(Cl)cs2)CCO1. The number of morpholine rings is 1. The van der Waals surface area contributed by atoms with E-state index in [4.69, 9.17) is 22.1 Å². The largest absolute Gasteiger partial charge is 0.376 e. The summed E-state index contributed by atoms with van der Waals surface area (Å²) in [7, 11) is 0. The zero-order valence-electron chi connectivity index (χ0n) is 9.36. The third kappa shape index (κ3) is 2.76. The highest BCUT2D eigenvalue weighted by Gasteiger charge is 2.25. The van der Waals surface area contributed by atoms with Crippen LogP contribution in [-0.2, 0) is 4.74 Å². The van der Waals surface area contributed by atoms with Gasteiger partial charge in [0.15, 0.2) is 0 Å². The minimum atomic E-state index is 0.281. The molecule has 2 atom stereocenters. The van der Waals surface area contributed by atoms with Gasteiger partial charge in [0.1, 0.15) is 0 Å². The molecule has 0 aromatic carbocycles. The molecule has 2 rings (SSSR count). The average molecular weight is 261 g/mol. The van der Waals surface area contributed by atoms with Crippen LogP contribution in [0.4, 0.5) is 0 Å². The van der Waals surface area contributed by atoms with Crippen LogP contribution in [0.1, 0.15) is 17.8 Å². The Hall–Kier alpha value is -0.130. The summed E-state index contributed by atoms with van der Waals surface area (Å²) in [6, 6.07) is 2.30. The summed E-state index contributed by atoms with van der Waals surface area (Å²) in [6.07, 6.45) is 0.290. The first-order valence-corrected chi connectivity index (χ1v) is 6.76. The van der Waals surface area contributed by atoms with Crippen LogP contribution in [0, 0.1) is 0 Å². The number of rotatable bonds is 3. The Balaban J connectivity index is 2.09. The van der Waals surface area contributed by atoms with E-state index >= 15 is 0 Å². The Morgan fingerprint density at radius 2 is 2.56 bits per heavy atom. The lowest BCUT2D eigenvalue weighted by Crippen LogP contribution is -2.44. The van der Waals surface area contributed by atoms with Crippen molar-refractivity contribution in [2.24, 2.45) is 5.73 Å². The van der Waals surface area contributed by atoms with Crippen LogP contribution < -0.4 is 5.73 Å². The Morgan fingerprint density at radius 3 is 3.12 bits per heavy atom. The lowest BCUT2D eigenvalue weighted by Gasteiger charge is -2.36. The first-order valence-electron chi connectivity index (χ1n) is 5.50. The number of hydrogen-bond donors (Lipinski definition) is 1. The molecular formula is C11H17ClN2OS. The molecule has 90 valence electrons. The maximum absolute atomic E-state index is 5.96. The molecule has 3 nitrogen and oxygen atoms in total. The number of ether oxygens (including phenoxy) is 1. The highest BCUT2D eigenvalue weighted by Crippen LogP contribution is 2.29. The van der Waals surface area contributed by atoms with Crippen molar-refractivity contribution in [3.63, 3.8) is 0 Å². The zero-order valence-corrected chi connectivity index (χ0v) is 10.9. The van der Waals surface area contributed by atoms with Crippen LogP contribution in [0.15, 0.2) is 11.4 Å². The van der Waals surface area contributed by atoms with Crippen molar-refractivity contribution in [3.8, 4) is 0 Å². The van der Waals surface area contributed by atoms with E-state index in [9.17, 15) is 0 Å². The molecule has 1 aliphatic rings. The molecule has 5 heteroatoms. The van der Waals surface area contributed by atoms with Crippen LogP contribution in [-0.4, -0.2) is 37.2 Å². The fourth-order valence-corrected chi connectivity index (χ4v) is 3.31. The lowest BCUT2D eigenvalue weighted by atomic mass is 10.1. The van der Waals surface area contributed by atoms with Crippen molar-refractivity contribution in [1.29, 1.82) is 0 Å². The van der Waals surface area contributed by atoms with Crippen molar-refractivity contribution < 1.29 is 4.74 Å². The van der Waals surface area contributed by atoms with Gasteiger partial charge in [-0.15, -0.1) is 11.3 Å². The van der Waals surface area contributed by atoms with Crippen LogP contribution in [0.3, 0.4) is 0 Å². The van der Waals surface area contributed by atoms with Crippen molar-refractivity contribution in [2.45, 2.75) is 19.1 Å². The van der Waals surface area contributed by atoms with Crippen molar-refractivity contribution in [1.82, 2.24) is 4.90 Å². The van der Waals surface area contributed by atoms with Gasteiger partial charge in [0, 0.05) is 29.9 Å². The Labute approximate surface area is 105 Å². The molecule has 2 unspecified atom stereocenters. The molecule has 0 aliphatic carbocycles. The van der Waals surface area contributed by atoms with E-state index < -0.39 is 0 Å². The highest BCUT2D eigenvalue weighted by atomic mass is 35.5. The van der Waals surface area contributed by atoms with E-state index in [0.717, 1.165) is 24.7 Å². The summed E-state index contributed by atoms with van der Waals surface area (Å²) in [5, 5.41) is 2.77. The molecule has 0 saturated carbocycles. The predicted molar refractivity (Wildman–Crippen MR) is 68.1 cm³/mol. The van der Waals surface area contributed by atoms with Gasteiger partial charge in [-0.1, -0.05) is 11.6 Å². The molecule has 2 heterocycles. The summed E-state index contributed by atoms with van der Waals surface area (Å²) in [5.74, 6) is 0. The number of nitrogens with two attached hydrogens (primary N) is 1. The smallest absolute Gasteiger partial charge is 0.0674 e. The normalized spacial score (nSPS) is 24.6. The van der Waals surface area contributed by atoms with Gasteiger partial charge in [-0.25, -0.2) is 0 Å². The van der Waals surface area contributed by atoms with E-state index in [0.29, 0.717) is 12.6 Å². The number of thiophene rings is 1. The average Bonchev–Trinajstić information content (AvgIpc) is 2.66. The second-order valence-electron chi connectivity index (χ2n) is 4.10. The van der Waals surface area contributed by atoms with Gasteiger partial charge in [0.05, 0.1) is 23.8 Å². The van der Waals surface area contributed by atoms with Gasteiger partial charge in [-0.2, -0.15) is 0 Å².